The van der Waals surface area contributed by atoms with Gasteiger partial charge < -0.3 is 10.0 Å². The fourth-order valence-electron chi connectivity index (χ4n) is 3.61. The van der Waals surface area contributed by atoms with E-state index in [2.05, 4.69) is 22.1 Å². The molecule has 4 rings (SSSR count). The Labute approximate surface area is 147 Å². The topological polar surface area (TPSA) is 66.5 Å². The Balaban J connectivity index is 1.64. The Hall–Kier alpha value is -2.63. The summed E-state index contributed by atoms with van der Waals surface area (Å²) in [5.41, 5.74) is 1.55. The largest absolute Gasteiger partial charge is 0.508 e. The number of hydrogen-bond donors (Lipinski definition) is 1. The molecule has 0 spiro atoms. The summed E-state index contributed by atoms with van der Waals surface area (Å²) in [4.78, 5) is 2.28. The lowest BCUT2D eigenvalue weighted by Crippen LogP contribution is -2.34. The van der Waals surface area contributed by atoms with Crippen molar-refractivity contribution in [3.63, 3.8) is 0 Å². The van der Waals surface area contributed by atoms with Gasteiger partial charge >= 0.3 is 0 Å². The third-order valence-corrected chi connectivity index (χ3v) is 5.14. The number of phenolic OH excluding ortho intramolecular Hbond substituents is 1. The van der Waals surface area contributed by atoms with Crippen molar-refractivity contribution in [3.8, 4) is 5.75 Å². The Morgan fingerprint density at radius 2 is 1.88 bits per heavy atom. The summed E-state index contributed by atoms with van der Waals surface area (Å²) in [7, 11) is 2.12. The molecule has 0 bridgehead atoms. The SMILES string of the molecule is CN(c1ccc2nnc(Cc3ccccc3O)n2n1)C1CCCCC1. The smallest absolute Gasteiger partial charge is 0.178 e. The molecule has 0 saturated heterocycles. The van der Waals surface area contributed by atoms with E-state index in [1.165, 1.54) is 32.1 Å². The molecule has 25 heavy (non-hydrogen) atoms. The lowest BCUT2D eigenvalue weighted by molar-refractivity contribution is 0.425. The second-order valence-electron chi connectivity index (χ2n) is 6.79. The van der Waals surface area contributed by atoms with Crippen molar-refractivity contribution < 1.29 is 5.11 Å². The zero-order chi connectivity index (χ0) is 17.2. The van der Waals surface area contributed by atoms with Gasteiger partial charge in [0.2, 0.25) is 0 Å². The average molecular weight is 337 g/mol. The van der Waals surface area contributed by atoms with Crippen molar-refractivity contribution in [2.45, 2.75) is 44.6 Å². The predicted octanol–water partition coefficient (Wildman–Crippen LogP) is 3.19. The van der Waals surface area contributed by atoms with Gasteiger partial charge in [0.25, 0.3) is 0 Å². The van der Waals surface area contributed by atoms with Crippen LogP contribution in [0.5, 0.6) is 5.75 Å². The Morgan fingerprint density at radius 1 is 1.08 bits per heavy atom. The molecule has 1 aromatic carbocycles. The number of benzene rings is 1. The molecule has 0 radical (unpaired) electrons. The van der Waals surface area contributed by atoms with Crippen molar-refractivity contribution in [3.05, 3.63) is 47.8 Å². The van der Waals surface area contributed by atoms with Gasteiger partial charge in [0.1, 0.15) is 11.6 Å². The molecule has 0 atom stereocenters. The number of aromatic nitrogens is 4. The second-order valence-corrected chi connectivity index (χ2v) is 6.79. The highest BCUT2D eigenvalue weighted by Gasteiger charge is 2.20. The molecular weight excluding hydrogens is 314 g/mol. The number of aromatic hydroxyl groups is 1. The van der Waals surface area contributed by atoms with Crippen LogP contribution in [0.15, 0.2) is 36.4 Å². The highest BCUT2D eigenvalue weighted by atomic mass is 16.3. The van der Waals surface area contributed by atoms with Gasteiger partial charge in [-0.3, -0.25) is 0 Å². The first-order chi connectivity index (χ1) is 12.2. The third kappa shape index (κ3) is 3.16. The fraction of sp³-hybridized carbons (Fsp3) is 0.421. The number of nitrogens with zero attached hydrogens (tertiary/aromatic N) is 5. The summed E-state index contributed by atoms with van der Waals surface area (Å²) in [5, 5.41) is 23.3. The van der Waals surface area contributed by atoms with E-state index in [0.717, 1.165) is 22.9 Å². The summed E-state index contributed by atoms with van der Waals surface area (Å²) in [5.74, 6) is 1.95. The van der Waals surface area contributed by atoms with Gasteiger partial charge in [-0.25, -0.2) is 0 Å². The molecule has 0 amide bonds. The van der Waals surface area contributed by atoms with E-state index >= 15 is 0 Å². The van der Waals surface area contributed by atoms with E-state index in [0.29, 0.717) is 12.5 Å². The van der Waals surface area contributed by atoms with Crippen molar-refractivity contribution in [1.82, 2.24) is 19.8 Å². The Kier molecular flexibility index (Phi) is 4.26. The number of hydrogen-bond acceptors (Lipinski definition) is 5. The molecule has 2 aromatic heterocycles. The van der Waals surface area contributed by atoms with Crippen molar-refractivity contribution in [2.75, 3.05) is 11.9 Å². The van der Waals surface area contributed by atoms with Gasteiger partial charge in [-0.05, 0) is 31.0 Å². The lowest BCUT2D eigenvalue weighted by Gasteiger charge is -2.31. The fourth-order valence-corrected chi connectivity index (χ4v) is 3.61. The van der Waals surface area contributed by atoms with Gasteiger partial charge in [0, 0.05) is 25.1 Å². The number of anilines is 1. The number of rotatable bonds is 4. The molecule has 0 unspecified atom stereocenters. The van der Waals surface area contributed by atoms with Crippen LogP contribution in [0, 0.1) is 0 Å². The van der Waals surface area contributed by atoms with Gasteiger partial charge in [-0.1, -0.05) is 37.5 Å². The van der Waals surface area contributed by atoms with E-state index in [1.54, 1.807) is 10.6 Å². The van der Waals surface area contributed by atoms with E-state index in [-0.39, 0.29) is 5.75 Å². The van der Waals surface area contributed by atoms with Gasteiger partial charge in [-0.2, -0.15) is 4.52 Å². The Bertz CT molecular complexity index is 869. The minimum absolute atomic E-state index is 0.273. The number of para-hydroxylation sites is 1. The summed E-state index contributed by atoms with van der Waals surface area (Å²) in [6.07, 6.45) is 6.88. The summed E-state index contributed by atoms with van der Waals surface area (Å²) in [6.45, 7) is 0. The molecule has 1 aliphatic rings. The van der Waals surface area contributed by atoms with Crippen LogP contribution in [0.1, 0.15) is 43.5 Å². The van der Waals surface area contributed by atoms with Crippen LogP contribution in [0.4, 0.5) is 5.82 Å². The molecule has 1 aliphatic carbocycles. The molecule has 6 nitrogen and oxygen atoms in total. The standard InChI is InChI=1S/C19H23N5O/c1-23(15-8-3-2-4-9-15)18-12-11-17-20-21-19(24(17)22-18)13-14-7-5-6-10-16(14)25/h5-7,10-12,15,25H,2-4,8-9,13H2,1H3. The van der Waals surface area contributed by atoms with Gasteiger partial charge in [0.15, 0.2) is 11.5 Å². The molecule has 3 aromatic rings. The van der Waals surface area contributed by atoms with Crippen LogP contribution in [-0.2, 0) is 6.42 Å². The van der Waals surface area contributed by atoms with E-state index in [1.807, 2.05) is 30.3 Å². The van der Waals surface area contributed by atoms with Crippen LogP contribution in [0.3, 0.4) is 0 Å². The number of fused-ring (bicyclic) bond motifs is 1. The minimum Gasteiger partial charge on any atom is -0.508 e. The molecule has 6 heteroatoms. The first-order valence-electron chi connectivity index (χ1n) is 8.93. The van der Waals surface area contributed by atoms with E-state index in [4.69, 9.17) is 5.10 Å². The lowest BCUT2D eigenvalue weighted by atomic mass is 9.94. The summed E-state index contributed by atoms with van der Waals surface area (Å²) < 4.78 is 1.79. The first kappa shape index (κ1) is 15.9. The quantitative estimate of drug-likeness (QED) is 0.792. The first-order valence-corrected chi connectivity index (χ1v) is 8.93. The van der Waals surface area contributed by atoms with Crippen LogP contribution in [-0.4, -0.2) is 38.0 Å². The third-order valence-electron chi connectivity index (χ3n) is 5.14. The van der Waals surface area contributed by atoms with Crippen molar-refractivity contribution in [2.24, 2.45) is 0 Å². The molecule has 2 heterocycles. The van der Waals surface area contributed by atoms with Crippen LogP contribution in [0.25, 0.3) is 5.65 Å². The highest BCUT2D eigenvalue weighted by Crippen LogP contribution is 2.25. The van der Waals surface area contributed by atoms with Crippen LogP contribution < -0.4 is 4.90 Å². The molecule has 1 N–H and O–H groups in total. The maximum atomic E-state index is 10.0. The van der Waals surface area contributed by atoms with E-state index < -0.39 is 0 Å². The molecule has 0 aliphatic heterocycles. The minimum atomic E-state index is 0.273. The maximum Gasteiger partial charge on any atom is 0.178 e. The van der Waals surface area contributed by atoms with E-state index in [9.17, 15) is 5.11 Å². The average Bonchev–Trinajstić information content (AvgIpc) is 3.06. The number of phenols is 1. The summed E-state index contributed by atoms with van der Waals surface area (Å²) >= 11 is 0. The Morgan fingerprint density at radius 3 is 2.68 bits per heavy atom. The van der Waals surface area contributed by atoms with Crippen molar-refractivity contribution >= 4 is 11.5 Å². The molecule has 1 saturated carbocycles. The normalized spacial score (nSPS) is 15.6. The molecule has 130 valence electrons. The zero-order valence-electron chi connectivity index (χ0n) is 14.5. The molecule has 1 fully saturated rings. The molecular formula is C19H23N5O. The summed E-state index contributed by atoms with van der Waals surface area (Å²) in [6, 6.07) is 11.8. The maximum absolute atomic E-state index is 10.0. The van der Waals surface area contributed by atoms with Gasteiger partial charge in [-0.15, -0.1) is 15.3 Å². The van der Waals surface area contributed by atoms with Crippen LogP contribution >= 0.6 is 0 Å². The van der Waals surface area contributed by atoms with Gasteiger partial charge in [0.05, 0.1) is 0 Å². The van der Waals surface area contributed by atoms with Crippen molar-refractivity contribution in [1.29, 1.82) is 0 Å². The van der Waals surface area contributed by atoms with Crippen LogP contribution in [0.2, 0.25) is 0 Å². The zero-order valence-corrected chi connectivity index (χ0v) is 14.5. The predicted molar refractivity (Wildman–Crippen MR) is 97.0 cm³/mol. The second kappa shape index (κ2) is 6.70. The monoisotopic (exact) mass is 337 g/mol. The highest BCUT2D eigenvalue weighted by molar-refractivity contribution is 5.46.